The van der Waals surface area contributed by atoms with Crippen molar-refractivity contribution in [1.29, 1.82) is 5.26 Å². The van der Waals surface area contributed by atoms with Crippen molar-refractivity contribution in [2.75, 3.05) is 13.2 Å². The van der Waals surface area contributed by atoms with Crippen LogP contribution >= 0.6 is 8.53 Å². The lowest BCUT2D eigenvalue weighted by atomic mass is 10.0. The largest absolute Gasteiger partial charge is 0.474 e. The van der Waals surface area contributed by atoms with E-state index in [0.29, 0.717) is 0 Å². The molecule has 0 saturated carbocycles. The van der Waals surface area contributed by atoms with E-state index in [4.69, 9.17) is 29.9 Å². The first kappa shape index (κ1) is 22.1. The summed E-state index contributed by atoms with van der Waals surface area (Å²) in [5.41, 5.74) is -0.225. The first-order valence-electron chi connectivity index (χ1n) is 11.5. The molecule has 32 heavy (non-hydrogen) atoms. The van der Waals surface area contributed by atoms with E-state index in [1.165, 1.54) is 11.2 Å². The van der Waals surface area contributed by atoms with Gasteiger partial charge in [-0.25, -0.2) is 9.46 Å². The molecule has 2 fully saturated rings. The van der Waals surface area contributed by atoms with Gasteiger partial charge >= 0.3 is 6.03 Å². The Bertz CT molecular complexity index is 843. The lowest BCUT2D eigenvalue weighted by Crippen LogP contribution is -2.55. The molecule has 0 aromatic heterocycles. The molecule has 176 valence electrons. The van der Waals surface area contributed by atoms with Crippen LogP contribution in [0.4, 0.5) is 4.79 Å². The molecule has 0 spiro atoms. The molecular formula is C21H31N4O6P. The average Bonchev–Trinajstić information content (AvgIpc) is 3.44. The third kappa shape index (κ3) is 4.26. The van der Waals surface area contributed by atoms with Crippen LogP contribution in [0.3, 0.4) is 0 Å². The summed E-state index contributed by atoms with van der Waals surface area (Å²) in [5, 5.41) is 11.7. The van der Waals surface area contributed by atoms with E-state index < -0.39 is 38.8 Å². The molecule has 6 atom stereocenters. The predicted octanol–water partition coefficient (Wildman–Crippen LogP) is 2.94. The van der Waals surface area contributed by atoms with Crippen LogP contribution in [0.1, 0.15) is 42.4 Å². The molecule has 10 nitrogen and oxygen atoms in total. The van der Waals surface area contributed by atoms with Gasteiger partial charge in [0.15, 0.2) is 6.23 Å². The van der Waals surface area contributed by atoms with Crippen molar-refractivity contribution in [3.63, 3.8) is 0 Å². The predicted molar refractivity (Wildman–Crippen MR) is 116 cm³/mol. The Kier molecular flexibility index (Phi) is 6.39. The van der Waals surface area contributed by atoms with E-state index in [1.807, 2.05) is 0 Å². The lowest BCUT2D eigenvalue weighted by molar-refractivity contribution is -0.171. The Balaban J connectivity index is 1.58. The van der Waals surface area contributed by atoms with Crippen LogP contribution in [-0.4, -0.2) is 71.2 Å². The maximum atomic E-state index is 12.8. The summed E-state index contributed by atoms with van der Waals surface area (Å²) in [5.74, 6) is 0. The van der Waals surface area contributed by atoms with Crippen molar-refractivity contribution in [2.45, 2.75) is 83.4 Å². The molecule has 0 radical (unpaired) electrons. The molecule has 4 aliphatic heterocycles. The van der Waals surface area contributed by atoms with Crippen molar-refractivity contribution < 1.29 is 29.4 Å². The van der Waals surface area contributed by atoms with Crippen LogP contribution in [0, 0.1) is 11.3 Å². The van der Waals surface area contributed by atoms with Gasteiger partial charge in [-0.05, 0) is 40.7 Å². The van der Waals surface area contributed by atoms with Gasteiger partial charge in [0.2, 0.25) is 6.23 Å². The highest BCUT2D eigenvalue weighted by Gasteiger charge is 2.63. The Hall–Kier alpha value is -1.73. The highest BCUT2D eigenvalue weighted by Crippen LogP contribution is 2.53. The molecule has 11 heteroatoms. The molecule has 2 bridgehead atoms. The van der Waals surface area contributed by atoms with Gasteiger partial charge in [-0.1, -0.05) is 0 Å². The van der Waals surface area contributed by atoms with E-state index in [2.05, 4.69) is 43.8 Å². The third-order valence-corrected chi connectivity index (χ3v) is 7.78. The Morgan fingerprint density at radius 3 is 2.94 bits per heavy atom. The maximum absolute atomic E-state index is 12.8. The standard InChI is InChI=1S/C21H31N4O6P/c1-13(2)25(14(3)4)32(29-9-6-8-22)31-17-16-19(30-21(17,5)12-28-16)24-11-15-7-10-27-18(15)23-20(24)26/h7,10-11,13-14,16-19H,6,9,12H2,1-5H3,(H,23,26)/i5D. The molecule has 2 amide bonds. The summed E-state index contributed by atoms with van der Waals surface area (Å²) >= 11 is 0. The quantitative estimate of drug-likeness (QED) is 0.408. The Morgan fingerprint density at radius 2 is 2.25 bits per heavy atom. The summed E-state index contributed by atoms with van der Waals surface area (Å²) in [6, 6.07) is 1.99. The Labute approximate surface area is 191 Å². The zero-order chi connectivity index (χ0) is 23.8. The van der Waals surface area contributed by atoms with Crippen LogP contribution in [-0.2, 0) is 23.3 Å². The number of ether oxygens (including phenoxy) is 3. The van der Waals surface area contributed by atoms with Crippen LogP contribution in [0.2, 0.25) is 0 Å². The van der Waals surface area contributed by atoms with E-state index in [0.717, 1.165) is 5.57 Å². The van der Waals surface area contributed by atoms with Crippen molar-refractivity contribution in [3.05, 3.63) is 24.1 Å². The smallest absolute Gasteiger partial charge is 0.326 e. The second kappa shape index (κ2) is 9.26. The number of rotatable bonds is 9. The molecule has 2 saturated heterocycles. The summed E-state index contributed by atoms with van der Waals surface area (Å²) in [6.07, 6.45) is 2.81. The van der Waals surface area contributed by atoms with Gasteiger partial charge in [-0.3, -0.25) is 10.2 Å². The van der Waals surface area contributed by atoms with Gasteiger partial charge in [0, 0.05) is 25.2 Å². The molecule has 4 aliphatic rings. The van der Waals surface area contributed by atoms with Crippen molar-refractivity contribution in [3.8, 4) is 6.07 Å². The van der Waals surface area contributed by atoms with Gasteiger partial charge in [0.25, 0.3) is 8.53 Å². The number of fused-ring (bicyclic) bond motifs is 3. The van der Waals surface area contributed by atoms with Crippen LogP contribution < -0.4 is 5.32 Å². The van der Waals surface area contributed by atoms with Crippen molar-refractivity contribution in [2.24, 2.45) is 0 Å². The minimum atomic E-state index is -1.56. The number of hydrogen-bond acceptors (Lipinski definition) is 8. The van der Waals surface area contributed by atoms with E-state index in [9.17, 15) is 4.79 Å². The second-order valence-corrected chi connectivity index (χ2v) is 10.1. The first-order chi connectivity index (χ1) is 15.8. The van der Waals surface area contributed by atoms with Crippen molar-refractivity contribution >= 4 is 14.6 Å². The molecule has 0 aromatic rings. The highest BCUT2D eigenvalue weighted by molar-refractivity contribution is 7.44. The number of hydrogen-bond donors (Lipinski definition) is 1. The van der Waals surface area contributed by atoms with E-state index >= 15 is 0 Å². The van der Waals surface area contributed by atoms with Gasteiger partial charge < -0.3 is 23.3 Å². The number of carbonyl (C=O) groups is 1. The number of nitrogens with one attached hydrogen (secondary N) is 1. The first-order valence-corrected chi connectivity index (χ1v) is 11.9. The molecule has 0 aromatic carbocycles. The fraction of sp³-hybridized carbons (Fsp3) is 0.714. The monoisotopic (exact) mass is 467 g/mol. The summed E-state index contributed by atoms with van der Waals surface area (Å²) in [4.78, 5) is 14.2. The van der Waals surface area contributed by atoms with Crippen LogP contribution in [0.25, 0.3) is 0 Å². The average molecular weight is 467 g/mol. The van der Waals surface area contributed by atoms with Crippen LogP contribution in [0.5, 0.6) is 0 Å². The van der Waals surface area contributed by atoms with Gasteiger partial charge in [0.1, 0.15) is 17.8 Å². The Morgan fingerprint density at radius 1 is 1.47 bits per heavy atom. The number of carbonyl (C=O) groups excluding carboxylic acids is 1. The molecule has 6 unspecified atom stereocenters. The third-order valence-electron chi connectivity index (χ3n) is 5.67. The van der Waals surface area contributed by atoms with Gasteiger partial charge in [-0.2, -0.15) is 5.26 Å². The lowest BCUT2D eigenvalue weighted by Gasteiger charge is -2.38. The molecule has 1 N–H and O–H groups in total. The molecule has 4 heterocycles. The SMILES string of the molecule is [2H]CC12COC(C(N3C=C4C=COC4NC3=O)O1)C2OP(OCCC#N)N(C(C)C)C(C)C. The number of amides is 2. The highest BCUT2D eigenvalue weighted by atomic mass is 31.2. The minimum absolute atomic E-state index is 0.0902. The number of urea groups is 1. The summed E-state index contributed by atoms with van der Waals surface area (Å²) in [7, 11) is -1.56. The van der Waals surface area contributed by atoms with E-state index in [-0.39, 0.29) is 44.6 Å². The fourth-order valence-electron chi connectivity index (χ4n) is 4.29. The van der Waals surface area contributed by atoms with Gasteiger partial charge in [0.05, 0.1) is 32.0 Å². The minimum Gasteiger partial charge on any atom is -0.474 e. The molecule has 4 rings (SSSR count). The topological polar surface area (TPSA) is 106 Å². The van der Waals surface area contributed by atoms with E-state index in [1.54, 1.807) is 12.3 Å². The van der Waals surface area contributed by atoms with Crippen LogP contribution in [0.15, 0.2) is 24.1 Å². The molecular weight excluding hydrogens is 435 g/mol. The second-order valence-electron chi connectivity index (χ2n) is 8.73. The normalized spacial score (nSPS) is 34.4. The molecule has 0 aliphatic carbocycles. The fourth-order valence-corrected chi connectivity index (χ4v) is 6.11. The zero-order valence-corrected chi connectivity index (χ0v) is 19.7. The zero-order valence-electron chi connectivity index (χ0n) is 19.8. The summed E-state index contributed by atoms with van der Waals surface area (Å²) in [6.45, 7) is 8.58. The number of nitriles is 1. The summed E-state index contributed by atoms with van der Waals surface area (Å²) < 4.78 is 40.6. The maximum Gasteiger partial charge on any atom is 0.326 e. The number of nitrogens with zero attached hydrogens (tertiary/aromatic N) is 3. The van der Waals surface area contributed by atoms with Crippen molar-refractivity contribution in [1.82, 2.24) is 14.9 Å². The van der Waals surface area contributed by atoms with Gasteiger partial charge in [-0.15, -0.1) is 0 Å².